The Labute approximate surface area is 81.7 Å². The summed E-state index contributed by atoms with van der Waals surface area (Å²) in [7, 11) is 0. The molecule has 0 aromatic carbocycles. The molecule has 14 heavy (non-hydrogen) atoms. The van der Waals surface area contributed by atoms with Crippen LogP contribution in [-0.2, 0) is 0 Å². The fourth-order valence-corrected chi connectivity index (χ4v) is 1.11. The molecule has 0 saturated carbocycles. The van der Waals surface area contributed by atoms with Crippen molar-refractivity contribution in [1.29, 1.82) is 5.26 Å². The maximum Gasteiger partial charge on any atom is 0.0992 e. The van der Waals surface area contributed by atoms with Gasteiger partial charge in [-0.25, -0.2) is 0 Å². The van der Waals surface area contributed by atoms with Gasteiger partial charge in [-0.1, -0.05) is 6.07 Å². The fourth-order valence-electron chi connectivity index (χ4n) is 1.11. The summed E-state index contributed by atoms with van der Waals surface area (Å²) in [4.78, 5) is 8.23. The van der Waals surface area contributed by atoms with Crippen LogP contribution in [0.4, 0.5) is 0 Å². The van der Waals surface area contributed by atoms with Crippen molar-refractivity contribution in [2.75, 3.05) is 0 Å². The molecule has 0 unspecified atom stereocenters. The first-order valence-corrected chi connectivity index (χ1v) is 4.09. The lowest BCUT2D eigenvalue weighted by atomic mass is 10.2. The van der Waals surface area contributed by atoms with Gasteiger partial charge in [0.1, 0.15) is 0 Å². The van der Waals surface area contributed by atoms with E-state index in [1.165, 1.54) is 0 Å². The molecule has 0 aliphatic carbocycles. The highest BCUT2D eigenvalue weighted by Crippen LogP contribution is 2.13. The zero-order valence-corrected chi connectivity index (χ0v) is 7.31. The van der Waals surface area contributed by atoms with Crippen LogP contribution in [0, 0.1) is 17.4 Å². The number of hydrogen-bond donors (Lipinski definition) is 0. The quantitative estimate of drug-likeness (QED) is 0.672. The van der Waals surface area contributed by atoms with Crippen LogP contribution >= 0.6 is 0 Å². The van der Waals surface area contributed by atoms with E-state index in [0.29, 0.717) is 11.3 Å². The third-order valence-corrected chi connectivity index (χ3v) is 1.77. The van der Waals surface area contributed by atoms with E-state index in [1.807, 2.05) is 6.07 Å². The summed E-state index contributed by atoms with van der Waals surface area (Å²) in [5, 5.41) is 8.70. The summed E-state index contributed by atoms with van der Waals surface area (Å²) in [5.74, 6) is 0. The Morgan fingerprint density at radius 2 is 2.14 bits per heavy atom. The minimum absolute atomic E-state index is 0.588. The summed E-state index contributed by atoms with van der Waals surface area (Å²) < 4.78 is 0. The monoisotopic (exact) mass is 180 g/mol. The summed E-state index contributed by atoms with van der Waals surface area (Å²) in [6.45, 7) is 0. The number of nitriles is 1. The van der Waals surface area contributed by atoms with Crippen LogP contribution < -0.4 is 0 Å². The molecule has 3 heteroatoms. The minimum atomic E-state index is 0.588. The van der Waals surface area contributed by atoms with Gasteiger partial charge in [0.25, 0.3) is 0 Å². The second kappa shape index (κ2) is 3.67. The van der Waals surface area contributed by atoms with Crippen molar-refractivity contribution < 1.29 is 0 Å². The van der Waals surface area contributed by atoms with Gasteiger partial charge in [-0.2, -0.15) is 5.26 Å². The molecule has 0 aliphatic heterocycles. The number of pyridine rings is 2. The summed E-state index contributed by atoms with van der Waals surface area (Å²) in [6.07, 6.45) is 3.18. The highest BCUT2D eigenvalue weighted by atomic mass is 14.8. The van der Waals surface area contributed by atoms with Crippen molar-refractivity contribution in [1.82, 2.24) is 9.97 Å². The van der Waals surface area contributed by atoms with E-state index in [-0.39, 0.29) is 0 Å². The maximum atomic E-state index is 8.70. The first-order chi connectivity index (χ1) is 6.90. The van der Waals surface area contributed by atoms with Crippen molar-refractivity contribution in [3.63, 3.8) is 0 Å². The van der Waals surface area contributed by atoms with Gasteiger partial charge in [0.15, 0.2) is 0 Å². The smallest absolute Gasteiger partial charge is 0.0992 e. The van der Waals surface area contributed by atoms with Crippen molar-refractivity contribution in [2.45, 2.75) is 0 Å². The largest absolute Gasteiger partial charge is 0.255 e. The molecule has 0 bridgehead atoms. The topological polar surface area (TPSA) is 49.6 Å². The van der Waals surface area contributed by atoms with E-state index in [1.54, 1.807) is 30.6 Å². The lowest BCUT2D eigenvalue weighted by Crippen LogP contribution is -1.87. The van der Waals surface area contributed by atoms with Gasteiger partial charge >= 0.3 is 0 Å². The van der Waals surface area contributed by atoms with E-state index in [0.717, 1.165) is 5.69 Å². The van der Waals surface area contributed by atoms with Crippen LogP contribution in [0.2, 0.25) is 0 Å². The first-order valence-electron chi connectivity index (χ1n) is 4.09. The highest BCUT2D eigenvalue weighted by Gasteiger charge is 2.00. The number of rotatable bonds is 1. The van der Waals surface area contributed by atoms with Crippen molar-refractivity contribution in [3.8, 4) is 17.5 Å². The van der Waals surface area contributed by atoms with Crippen LogP contribution in [0.5, 0.6) is 0 Å². The molecule has 0 spiro atoms. The lowest BCUT2D eigenvalue weighted by molar-refractivity contribution is 1.24. The van der Waals surface area contributed by atoms with Crippen LogP contribution in [0.15, 0.2) is 36.7 Å². The van der Waals surface area contributed by atoms with Crippen LogP contribution in [0.3, 0.4) is 0 Å². The molecule has 0 atom stereocenters. The second-order valence-corrected chi connectivity index (χ2v) is 2.68. The Morgan fingerprint density at radius 3 is 2.86 bits per heavy atom. The van der Waals surface area contributed by atoms with Gasteiger partial charge < -0.3 is 0 Å². The van der Waals surface area contributed by atoms with E-state index in [9.17, 15) is 0 Å². The molecule has 2 rings (SSSR count). The Kier molecular flexibility index (Phi) is 2.20. The van der Waals surface area contributed by atoms with Gasteiger partial charge in [-0.15, -0.1) is 0 Å². The van der Waals surface area contributed by atoms with E-state index >= 15 is 0 Å². The summed E-state index contributed by atoms with van der Waals surface area (Å²) >= 11 is 0. The zero-order valence-electron chi connectivity index (χ0n) is 7.31. The lowest BCUT2D eigenvalue weighted by Gasteiger charge is -1.98. The molecular formula is C11H6N3. The summed E-state index contributed by atoms with van der Waals surface area (Å²) in [5.41, 5.74) is 2.04. The van der Waals surface area contributed by atoms with E-state index in [2.05, 4.69) is 22.1 Å². The fraction of sp³-hybridized carbons (Fsp3) is 0. The second-order valence-electron chi connectivity index (χ2n) is 2.68. The third-order valence-electron chi connectivity index (χ3n) is 1.77. The summed E-state index contributed by atoms with van der Waals surface area (Å²) in [6, 6.07) is 11.8. The average molecular weight is 180 g/mol. The van der Waals surface area contributed by atoms with Crippen LogP contribution in [0.1, 0.15) is 5.56 Å². The third kappa shape index (κ3) is 1.59. The van der Waals surface area contributed by atoms with E-state index in [4.69, 9.17) is 5.26 Å². The number of nitrogens with zero attached hydrogens (tertiary/aromatic N) is 3. The minimum Gasteiger partial charge on any atom is -0.255 e. The van der Waals surface area contributed by atoms with Gasteiger partial charge in [-0.3, -0.25) is 9.97 Å². The molecule has 0 aliphatic rings. The molecular weight excluding hydrogens is 174 g/mol. The van der Waals surface area contributed by atoms with Crippen molar-refractivity contribution in [2.24, 2.45) is 0 Å². The molecule has 0 fully saturated rings. The van der Waals surface area contributed by atoms with Crippen LogP contribution in [0.25, 0.3) is 11.4 Å². The Balaban J connectivity index is 2.49. The SMILES string of the molecule is N#Cc1ccnc(-c2cc[c]cn2)c1. The van der Waals surface area contributed by atoms with Gasteiger partial charge in [-0.05, 0) is 18.2 Å². The van der Waals surface area contributed by atoms with Crippen molar-refractivity contribution in [3.05, 3.63) is 48.3 Å². The predicted octanol–water partition coefficient (Wildman–Crippen LogP) is 1.82. The molecule has 65 valence electrons. The molecule has 2 aromatic heterocycles. The molecule has 2 aromatic rings. The first kappa shape index (κ1) is 8.39. The normalized spacial score (nSPS) is 9.36. The highest BCUT2D eigenvalue weighted by molar-refractivity contribution is 5.55. The molecule has 3 nitrogen and oxygen atoms in total. The number of hydrogen-bond acceptors (Lipinski definition) is 3. The maximum absolute atomic E-state index is 8.70. The van der Waals surface area contributed by atoms with Gasteiger partial charge in [0, 0.05) is 18.5 Å². The molecule has 0 amide bonds. The van der Waals surface area contributed by atoms with Gasteiger partial charge in [0.05, 0.1) is 23.0 Å². The molecule has 0 saturated heterocycles. The Morgan fingerprint density at radius 1 is 1.21 bits per heavy atom. The molecule has 1 radical (unpaired) electrons. The standard InChI is InChI=1S/C11H6N3/c12-8-9-4-6-14-11(7-9)10-3-1-2-5-13-10/h1,3-7H. The van der Waals surface area contributed by atoms with Gasteiger partial charge in [0.2, 0.25) is 0 Å². The Hall–Kier alpha value is -2.21. The van der Waals surface area contributed by atoms with E-state index < -0.39 is 0 Å². The molecule has 0 N–H and O–H groups in total. The number of aromatic nitrogens is 2. The predicted molar refractivity (Wildman–Crippen MR) is 51.0 cm³/mol. The van der Waals surface area contributed by atoms with Crippen molar-refractivity contribution >= 4 is 0 Å². The zero-order chi connectivity index (χ0) is 9.80. The van der Waals surface area contributed by atoms with Crippen LogP contribution in [-0.4, -0.2) is 9.97 Å². The Bertz CT molecular complexity index is 471. The average Bonchev–Trinajstić information content (AvgIpc) is 2.30. The molecule has 2 heterocycles.